The number of anilines is 2. The van der Waals surface area contributed by atoms with Crippen LogP contribution in [0.4, 0.5) is 11.5 Å². The standard InChI is InChI=1S/C15H18N4O3S/c1-3-22-11-6-4-10(5-7-11)17-14(21)9(2)23-15-18-12(16)8-13(20)19-15/h4-9H,3H2,1-2H3,(H,17,21)(H3,16,18,19,20). The molecule has 8 heteroatoms. The molecule has 1 aromatic carbocycles. The Morgan fingerprint density at radius 3 is 2.74 bits per heavy atom. The molecule has 1 amide bonds. The summed E-state index contributed by atoms with van der Waals surface area (Å²) in [7, 11) is 0. The lowest BCUT2D eigenvalue weighted by Gasteiger charge is -2.12. The summed E-state index contributed by atoms with van der Waals surface area (Å²) in [5.41, 5.74) is 5.84. The summed E-state index contributed by atoms with van der Waals surface area (Å²) in [4.78, 5) is 30.0. The first-order chi connectivity index (χ1) is 11.0. The van der Waals surface area contributed by atoms with Gasteiger partial charge in [0.1, 0.15) is 11.6 Å². The monoisotopic (exact) mass is 334 g/mol. The Morgan fingerprint density at radius 2 is 2.13 bits per heavy atom. The van der Waals surface area contributed by atoms with Crippen molar-refractivity contribution in [2.45, 2.75) is 24.3 Å². The Bertz CT molecular complexity index is 730. The van der Waals surface area contributed by atoms with Gasteiger partial charge in [-0.1, -0.05) is 11.8 Å². The van der Waals surface area contributed by atoms with Gasteiger partial charge in [0, 0.05) is 11.8 Å². The Balaban J connectivity index is 1.97. The molecule has 0 fully saturated rings. The zero-order valence-corrected chi connectivity index (χ0v) is 13.6. The number of H-pyrrole nitrogens is 1. The Kier molecular flexibility index (Phi) is 5.64. The Morgan fingerprint density at radius 1 is 1.43 bits per heavy atom. The minimum Gasteiger partial charge on any atom is -0.494 e. The fourth-order valence-corrected chi connectivity index (χ4v) is 2.59. The number of ether oxygens (including phenoxy) is 1. The van der Waals surface area contributed by atoms with E-state index in [0.717, 1.165) is 17.5 Å². The number of hydrogen-bond donors (Lipinski definition) is 3. The quantitative estimate of drug-likeness (QED) is 0.549. The van der Waals surface area contributed by atoms with Crippen molar-refractivity contribution in [2.75, 3.05) is 17.7 Å². The van der Waals surface area contributed by atoms with Crippen molar-refractivity contribution in [2.24, 2.45) is 0 Å². The number of aromatic amines is 1. The second kappa shape index (κ2) is 7.68. The summed E-state index contributed by atoms with van der Waals surface area (Å²) in [6.07, 6.45) is 0. The minimum absolute atomic E-state index is 0.121. The highest BCUT2D eigenvalue weighted by atomic mass is 32.2. The van der Waals surface area contributed by atoms with Crippen molar-refractivity contribution in [3.05, 3.63) is 40.7 Å². The number of nitrogens with zero attached hydrogens (tertiary/aromatic N) is 1. The van der Waals surface area contributed by atoms with Crippen molar-refractivity contribution >= 4 is 29.2 Å². The van der Waals surface area contributed by atoms with Crippen LogP contribution in [-0.4, -0.2) is 27.7 Å². The first kappa shape index (κ1) is 16.9. The number of hydrogen-bond acceptors (Lipinski definition) is 6. The maximum Gasteiger partial charge on any atom is 0.253 e. The average Bonchev–Trinajstić information content (AvgIpc) is 2.48. The third-order valence-electron chi connectivity index (χ3n) is 2.83. The lowest BCUT2D eigenvalue weighted by Crippen LogP contribution is -2.23. The predicted octanol–water partition coefficient (Wildman–Crippen LogP) is 1.87. The third kappa shape index (κ3) is 5.03. The van der Waals surface area contributed by atoms with E-state index < -0.39 is 5.25 Å². The van der Waals surface area contributed by atoms with Gasteiger partial charge in [0.05, 0.1) is 11.9 Å². The number of benzene rings is 1. The molecule has 23 heavy (non-hydrogen) atoms. The molecular weight excluding hydrogens is 316 g/mol. The van der Waals surface area contributed by atoms with Gasteiger partial charge in [-0.25, -0.2) is 4.98 Å². The molecule has 7 nitrogen and oxygen atoms in total. The highest BCUT2D eigenvalue weighted by Crippen LogP contribution is 2.21. The number of nitrogen functional groups attached to an aromatic ring is 1. The maximum atomic E-state index is 12.2. The molecule has 2 rings (SSSR count). The van der Waals surface area contributed by atoms with Gasteiger partial charge in [-0.15, -0.1) is 0 Å². The van der Waals surface area contributed by atoms with Crippen LogP contribution >= 0.6 is 11.8 Å². The Hall–Kier alpha value is -2.48. The number of nitrogens with two attached hydrogens (primary N) is 1. The number of aromatic nitrogens is 2. The minimum atomic E-state index is -0.452. The zero-order chi connectivity index (χ0) is 16.8. The first-order valence-corrected chi connectivity index (χ1v) is 7.93. The van der Waals surface area contributed by atoms with Crippen LogP contribution in [0.3, 0.4) is 0 Å². The smallest absolute Gasteiger partial charge is 0.253 e. The van der Waals surface area contributed by atoms with Crippen LogP contribution in [0.2, 0.25) is 0 Å². The van der Waals surface area contributed by atoms with Gasteiger partial charge in [0.2, 0.25) is 5.91 Å². The van der Waals surface area contributed by atoms with Gasteiger partial charge < -0.3 is 20.8 Å². The van der Waals surface area contributed by atoms with E-state index in [-0.39, 0.29) is 17.3 Å². The molecule has 4 N–H and O–H groups in total. The van der Waals surface area contributed by atoms with Gasteiger partial charge in [-0.3, -0.25) is 9.59 Å². The largest absolute Gasteiger partial charge is 0.494 e. The fourth-order valence-electron chi connectivity index (χ4n) is 1.78. The van der Waals surface area contributed by atoms with Crippen molar-refractivity contribution < 1.29 is 9.53 Å². The molecule has 0 aliphatic heterocycles. The molecule has 122 valence electrons. The van der Waals surface area contributed by atoms with Gasteiger partial charge in [-0.05, 0) is 38.1 Å². The van der Waals surface area contributed by atoms with E-state index in [1.807, 2.05) is 6.92 Å². The summed E-state index contributed by atoms with van der Waals surface area (Å²) < 4.78 is 5.34. The molecule has 0 aliphatic rings. The molecule has 0 saturated carbocycles. The molecule has 0 spiro atoms. The number of amides is 1. The summed E-state index contributed by atoms with van der Waals surface area (Å²) in [6.45, 7) is 4.21. The third-order valence-corrected chi connectivity index (χ3v) is 3.81. The number of carbonyl (C=O) groups excluding carboxylic acids is 1. The second-order valence-electron chi connectivity index (χ2n) is 4.68. The van der Waals surface area contributed by atoms with E-state index in [0.29, 0.717) is 17.5 Å². The van der Waals surface area contributed by atoms with Crippen molar-refractivity contribution in [3.8, 4) is 5.75 Å². The summed E-state index contributed by atoms with van der Waals surface area (Å²) in [5, 5.41) is 2.65. The number of carbonyl (C=O) groups is 1. The molecule has 2 aromatic rings. The van der Waals surface area contributed by atoms with Crippen molar-refractivity contribution in [1.29, 1.82) is 0 Å². The molecule has 0 radical (unpaired) electrons. The molecule has 1 unspecified atom stereocenters. The van der Waals surface area contributed by atoms with Crippen LogP contribution in [0.5, 0.6) is 5.75 Å². The van der Waals surface area contributed by atoms with E-state index in [9.17, 15) is 9.59 Å². The molecular formula is C15H18N4O3S. The summed E-state index contributed by atoms with van der Waals surface area (Å²) >= 11 is 1.13. The van der Waals surface area contributed by atoms with E-state index in [4.69, 9.17) is 10.5 Å². The molecule has 0 saturated heterocycles. The van der Waals surface area contributed by atoms with Gasteiger partial charge in [0.25, 0.3) is 5.56 Å². The normalized spacial score (nSPS) is 11.7. The maximum absolute atomic E-state index is 12.2. The number of rotatable bonds is 6. The van der Waals surface area contributed by atoms with Crippen molar-refractivity contribution in [3.63, 3.8) is 0 Å². The molecule has 1 heterocycles. The van der Waals surface area contributed by atoms with Crippen LogP contribution in [0, 0.1) is 0 Å². The first-order valence-electron chi connectivity index (χ1n) is 7.05. The number of nitrogens with one attached hydrogen (secondary N) is 2. The topological polar surface area (TPSA) is 110 Å². The van der Waals surface area contributed by atoms with Crippen LogP contribution in [-0.2, 0) is 4.79 Å². The molecule has 1 aromatic heterocycles. The van der Waals surface area contributed by atoms with Crippen LogP contribution < -0.4 is 21.3 Å². The van der Waals surface area contributed by atoms with E-state index in [1.54, 1.807) is 31.2 Å². The van der Waals surface area contributed by atoms with Crippen LogP contribution in [0.25, 0.3) is 0 Å². The number of thioether (sulfide) groups is 1. The highest BCUT2D eigenvalue weighted by Gasteiger charge is 2.16. The van der Waals surface area contributed by atoms with Crippen LogP contribution in [0.15, 0.2) is 40.3 Å². The predicted molar refractivity (Wildman–Crippen MR) is 90.8 cm³/mol. The van der Waals surface area contributed by atoms with Crippen molar-refractivity contribution in [1.82, 2.24) is 9.97 Å². The molecule has 0 bridgehead atoms. The van der Waals surface area contributed by atoms with E-state index >= 15 is 0 Å². The molecule has 0 aliphatic carbocycles. The molecule has 1 atom stereocenters. The van der Waals surface area contributed by atoms with Gasteiger partial charge >= 0.3 is 0 Å². The second-order valence-corrected chi connectivity index (χ2v) is 6.01. The zero-order valence-electron chi connectivity index (χ0n) is 12.8. The fraction of sp³-hybridized carbons (Fsp3) is 0.267. The van der Waals surface area contributed by atoms with E-state index in [1.165, 1.54) is 6.07 Å². The lowest BCUT2D eigenvalue weighted by molar-refractivity contribution is -0.115. The van der Waals surface area contributed by atoms with Gasteiger partial charge in [-0.2, -0.15) is 0 Å². The van der Waals surface area contributed by atoms with Gasteiger partial charge in [0.15, 0.2) is 5.16 Å². The van der Waals surface area contributed by atoms with Crippen LogP contribution in [0.1, 0.15) is 13.8 Å². The summed E-state index contributed by atoms with van der Waals surface area (Å²) in [5.74, 6) is 0.661. The summed E-state index contributed by atoms with van der Waals surface area (Å²) in [6, 6.07) is 8.29. The van der Waals surface area contributed by atoms with E-state index in [2.05, 4.69) is 15.3 Å². The highest BCUT2D eigenvalue weighted by molar-refractivity contribution is 8.00. The Labute approximate surface area is 137 Å². The average molecular weight is 334 g/mol. The SMILES string of the molecule is CCOc1ccc(NC(=O)C(C)Sc2nc(N)cc(=O)[nH]2)cc1. The lowest BCUT2D eigenvalue weighted by atomic mass is 10.3.